The number of rotatable bonds is 5. The Morgan fingerprint density at radius 3 is 2.60 bits per heavy atom. The molecule has 0 aromatic rings. The molecule has 0 aliphatic carbocycles. The van der Waals surface area contributed by atoms with E-state index in [-0.39, 0.29) is 6.10 Å². The number of ether oxygens (including phenoxy) is 1. The van der Waals surface area contributed by atoms with Crippen LogP contribution in [0.25, 0.3) is 0 Å². The van der Waals surface area contributed by atoms with Gasteiger partial charge >= 0.3 is 0 Å². The third-order valence-corrected chi connectivity index (χ3v) is 1.46. The van der Waals surface area contributed by atoms with Crippen molar-refractivity contribution in [2.75, 3.05) is 34.3 Å². The van der Waals surface area contributed by atoms with Gasteiger partial charge in [-0.05, 0) is 7.05 Å². The van der Waals surface area contributed by atoms with Crippen LogP contribution in [0.5, 0.6) is 0 Å². The van der Waals surface area contributed by atoms with Gasteiger partial charge in [0.2, 0.25) is 0 Å². The topological polar surface area (TPSA) is 50.5 Å². The van der Waals surface area contributed by atoms with E-state index >= 15 is 0 Å². The third kappa shape index (κ3) is 3.79. The van der Waals surface area contributed by atoms with Gasteiger partial charge in [-0.3, -0.25) is 5.43 Å². The first-order chi connectivity index (χ1) is 4.74. The lowest BCUT2D eigenvalue weighted by Gasteiger charge is -2.20. The van der Waals surface area contributed by atoms with E-state index in [2.05, 4.69) is 5.43 Å². The molecule has 0 heterocycles. The second kappa shape index (κ2) is 5.61. The Balaban J connectivity index is 3.41. The van der Waals surface area contributed by atoms with E-state index in [9.17, 15) is 0 Å². The second-order valence-electron chi connectivity index (χ2n) is 2.20. The van der Waals surface area contributed by atoms with Crippen molar-refractivity contribution in [3.05, 3.63) is 0 Å². The number of hydrogen-bond donors (Lipinski definition) is 2. The molecule has 0 aliphatic heterocycles. The van der Waals surface area contributed by atoms with Crippen molar-refractivity contribution in [1.29, 1.82) is 0 Å². The molecule has 1 unspecified atom stereocenters. The average molecular weight is 147 g/mol. The zero-order chi connectivity index (χ0) is 7.98. The molecular weight excluding hydrogens is 130 g/mol. The molecule has 1 atom stereocenters. The van der Waals surface area contributed by atoms with Gasteiger partial charge in [-0.2, -0.15) is 0 Å². The minimum Gasteiger partial charge on any atom is -0.379 e. The first-order valence-electron chi connectivity index (χ1n) is 3.36. The van der Waals surface area contributed by atoms with Gasteiger partial charge in [-0.25, -0.2) is 5.01 Å². The van der Waals surface area contributed by atoms with Gasteiger partial charge in [-0.15, -0.1) is 0 Å². The van der Waals surface area contributed by atoms with Crippen molar-refractivity contribution < 1.29 is 4.74 Å². The number of hydrazine groups is 1. The second-order valence-corrected chi connectivity index (χ2v) is 2.20. The van der Waals surface area contributed by atoms with Crippen molar-refractivity contribution >= 4 is 0 Å². The number of methoxy groups -OCH3 is 1. The molecule has 0 aliphatic rings. The lowest BCUT2D eigenvalue weighted by molar-refractivity contribution is 0.0655. The molecule has 0 aromatic carbocycles. The van der Waals surface area contributed by atoms with Gasteiger partial charge in [0.25, 0.3) is 0 Å². The summed E-state index contributed by atoms with van der Waals surface area (Å²) in [5.41, 5.74) is 8.37. The van der Waals surface area contributed by atoms with Crippen LogP contribution >= 0.6 is 0 Å². The van der Waals surface area contributed by atoms with Crippen LogP contribution in [0.1, 0.15) is 0 Å². The van der Waals surface area contributed by atoms with E-state index < -0.39 is 0 Å². The van der Waals surface area contributed by atoms with Crippen molar-refractivity contribution in [3.63, 3.8) is 0 Å². The molecule has 62 valence electrons. The fraction of sp³-hybridized carbons (Fsp3) is 1.00. The van der Waals surface area contributed by atoms with Crippen LogP contribution in [0, 0.1) is 0 Å². The molecule has 0 bridgehead atoms. The summed E-state index contributed by atoms with van der Waals surface area (Å²) in [5, 5.41) is 1.93. The molecule has 0 saturated heterocycles. The van der Waals surface area contributed by atoms with Gasteiger partial charge in [0.1, 0.15) is 0 Å². The number of nitrogens with one attached hydrogen (secondary N) is 1. The quantitative estimate of drug-likeness (QED) is 0.491. The Morgan fingerprint density at radius 1 is 1.70 bits per heavy atom. The highest BCUT2D eigenvalue weighted by Gasteiger charge is 2.05. The molecule has 4 nitrogen and oxygen atoms in total. The predicted molar refractivity (Wildman–Crippen MR) is 41.5 cm³/mol. The summed E-state index contributed by atoms with van der Waals surface area (Å²) in [6.07, 6.45) is 0.123. The fourth-order valence-electron chi connectivity index (χ4n) is 0.642. The lowest BCUT2D eigenvalue weighted by Crippen LogP contribution is -2.41. The van der Waals surface area contributed by atoms with Gasteiger partial charge in [0.15, 0.2) is 0 Å². The minimum absolute atomic E-state index is 0.123. The zero-order valence-corrected chi connectivity index (χ0v) is 6.92. The predicted octanol–water partition coefficient (Wildman–Crippen LogP) is -0.974. The van der Waals surface area contributed by atoms with Crippen LogP contribution in [0.2, 0.25) is 0 Å². The standard InChI is InChI=1S/C6H17N3O/c1-8-9(2)5-6(4-7)10-3/h6,8H,4-5,7H2,1-3H3. The Morgan fingerprint density at radius 2 is 2.30 bits per heavy atom. The van der Waals surface area contributed by atoms with Crippen LogP contribution in [-0.4, -0.2) is 45.4 Å². The van der Waals surface area contributed by atoms with E-state index in [1.165, 1.54) is 0 Å². The summed E-state index contributed by atoms with van der Waals surface area (Å²) in [6.45, 7) is 1.37. The van der Waals surface area contributed by atoms with E-state index in [0.29, 0.717) is 6.54 Å². The Kier molecular flexibility index (Phi) is 5.52. The smallest absolute Gasteiger partial charge is 0.0834 e. The number of nitrogens with two attached hydrogens (primary N) is 1. The van der Waals surface area contributed by atoms with E-state index in [0.717, 1.165) is 6.54 Å². The summed E-state index contributed by atoms with van der Waals surface area (Å²) >= 11 is 0. The normalized spacial score (nSPS) is 14.1. The van der Waals surface area contributed by atoms with Crippen LogP contribution in [0.15, 0.2) is 0 Å². The summed E-state index contributed by atoms with van der Waals surface area (Å²) in [4.78, 5) is 0. The number of likely N-dealkylation sites (N-methyl/N-ethyl adjacent to an activating group) is 1. The van der Waals surface area contributed by atoms with Crippen LogP contribution in [-0.2, 0) is 4.74 Å². The van der Waals surface area contributed by atoms with Crippen LogP contribution in [0.3, 0.4) is 0 Å². The molecular formula is C6H17N3O. The molecule has 0 rings (SSSR count). The largest absolute Gasteiger partial charge is 0.379 e. The van der Waals surface area contributed by atoms with E-state index in [1.807, 2.05) is 19.1 Å². The highest BCUT2D eigenvalue weighted by molar-refractivity contribution is 4.59. The van der Waals surface area contributed by atoms with Crippen molar-refractivity contribution in [2.24, 2.45) is 5.73 Å². The van der Waals surface area contributed by atoms with Crippen molar-refractivity contribution in [3.8, 4) is 0 Å². The van der Waals surface area contributed by atoms with Crippen molar-refractivity contribution in [2.45, 2.75) is 6.10 Å². The average Bonchev–Trinajstić information content (AvgIpc) is 1.99. The Bertz CT molecular complexity index is 75.4. The molecule has 0 amide bonds. The maximum absolute atomic E-state index is 5.41. The van der Waals surface area contributed by atoms with Gasteiger partial charge in [0, 0.05) is 27.2 Å². The van der Waals surface area contributed by atoms with E-state index in [4.69, 9.17) is 10.5 Å². The zero-order valence-electron chi connectivity index (χ0n) is 6.92. The maximum Gasteiger partial charge on any atom is 0.0834 e. The monoisotopic (exact) mass is 147 g/mol. The first-order valence-corrected chi connectivity index (χ1v) is 3.36. The maximum atomic E-state index is 5.41. The fourth-order valence-corrected chi connectivity index (χ4v) is 0.642. The summed E-state index contributed by atoms with van der Waals surface area (Å²) in [7, 11) is 5.48. The molecule has 10 heavy (non-hydrogen) atoms. The summed E-state index contributed by atoms with van der Waals surface area (Å²) < 4.78 is 5.07. The third-order valence-electron chi connectivity index (χ3n) is 1.46. The first kappa shape index (κ1) is 9.84. The van der Waals surface area contributed by atoms with Gasteiger partial charge < -0.3 is 10.5 Å². The number of hydrogen-bond acceptors (Lipinski definition) is 4. The molecule has 0 radical (unpaired) electrons. The lowest BCUT2D eigenvalue weighted by atomic mass is 10.3. The highest BCUT2D eigenvalue weighted by atomic mass is 16.5. The molecule has 0 aromatic heterocycles. The summed E-state index contributed by atoms with van der Waals surface area (Å²) in [6, 6.07) is 0. The molecule has 3 N–H and O–H groups in total. The van der Waals surface area contributed by atoms with Gasteiger partial charge in [-0.1, -0.05) is 0 Å². The SMILES string of the molecule is CNN(C)CC(CN)OC. The molecule has 0 fully saturated rings. The number of nitrogens with zero attached hydrogens (tertiary/aromatic N) is 1. The minimum atomic E-state index is 0.123. The molecule has 4 heteroatoms. The highest BCUT2D eigenvalue weighted by Crippen LogP contribution is 1.87. The summed E-state index contributed by atoms with van der Waals surface area (Å²) in [5.74, 6) is 0. The Hall–Kier alpha value is -0.160. The van der Waals surface area contributed by atoms with Crippen molar-refractivity contribution in [1.82, 2.24) is 10.4 Å². The van der Waals surface area contributed by atoms with Crippen LogP contribution in [0.4, 0.5) is 0 Å². The Labute approximate surface area is 62.3 Å². The van der Waals surface area contributed by atoms with Gasteiger partial charge in [0.05, 0.1) is 6.10 Å². The molecule has 0 saturated carbocycles. The van der Waals surface area contributed by atoms with E-state index in [1.54, 1.807) is 7.11 Å². The van der Waals surface area contributed by atoms with Crippen LogP contribution < -0.4 is 11.2 Å². The molecule has 0 spiro atoms.